The number of fused-ring (bicyclic) bond motifs is 1. The van der Waals surface area contributed by atoms with E-state index in [1.807, 2.05) is 0 Å². The molecule has 0 spiro atoms. The molecule has 4 aromatic heterocycles. The molecule has 0 bridgehead atoms. The van der Waals surface area contributed by atoms with Crippen molar-refractivity contribution in [2.24, 2.45) is 0 Å². The lowest BCUT2D eigenvalue weighted by Gasteiger charge is -2.19. The van der Waals surface area contributed by atoms with Crippen LogP contribution < -0.4 is 5.32 Å². The first-order chi connectivity index (χ1) is 14.4. The highest BCUT2D eigenvalue weighted by Gasteiger charge is 2.42. The normalized spacial score (nSPS) is 12.8. The summed E-state index contributed by atoms with van der Waals surface area (Å²) < 4.78 is 41.6. The number of H-pyrrole nitrogens is 1. The van der Waals surface area contributed by atoms with Gasteiger partial charge >= 0.3 is 6.18 Å². The predicted molar refractivity (Wildman–Crippen MR) is 102 cm³/mol. The molecule has 8 nitrogen and oxygen atoms in total. The molecule has 1 amide bonds. The fourth-order valence-electron chi connectivity index (χ4n) is 3.12. The number of carbonyl (C=O) groups is 1. The van der Waals surface area contributed by atoms with E-state index in [0.29, 0.717) is 17.0 Å². The van der Waals surface area contributed by atoms with E-state index >= 15 is 0 Å². The summed E-state index contributed by atoms with van der Waals surface area (Å²) in [5, 5.41) is 6.47. The van der Waals surface area contributed by atoms with E-state index in [1.54, 1.807) is 31.0 Å². The number of carbonyl (C=O) groups excluding carboxylic acids is 1. The summed E-state index contributed by atoms with van der Waals surface area (Å²) in [7, 11) is 1.30. The Balaban J connectivity index is 1.62. The number of aromatic amines is 1. The molecule has 0 aliphatic rings. The van der Waals surface area contributed by atoms with Crippen LogP contribution in [-0.2, 0) is 4.79 Å². The lowest BCUT2D eigenvalue weighted by molar-refractivity contribution is -0.157. The Bertz CT molecular complexity index is 1180. The quantitative estimate of drug-likeness (QED) is 0.522. The molecule has 0 aromatic carbocycles. The summed E-state index contributed by atoms with van der Waals surface area (Å²) in [5.41, 5.74) is 2.80. The zero-order chi connectivity index (χ0) is 21.3. The van der Waals surface area contributed by atoms with Crippen molar-refractivity contribution < 1.29 is 18.0 Å². The van der Waals surface area contributed by atoms with E-state index in [-0.39, 0.29) is 5.56 Å². The van der Waals surface area contributed by atoms with Gasteiger partial charge in [-0.2, -0.15) is 18.3 Å². The first kappa shape index (κ1) is 19.6. The van der Waals surface area contributed by atoms with Crippen LogP contribution in [0.2, 0.25) is 0 Å². The Labute approximate surface area is 168 Å². The fourth-order valence-corrected chi connectivity index (χ4v) is 3.12. The Morgan fingerprint density at radius 3 is 2.73 bits per heavy atom. The number of aromatic nitrogens is 6. The summed E-state index contributed by atoms with van der Waals surface area (Å²) in [5.74, 6) is -2.28. The topological polar surface area (TPSA) is 101 Å². The monoisotopic (exact) mass is 415 g/mol. The molecule has 1 atom stereocenters. The molecule has 30 heavy (non-hydrogen) atoms. The van der Waals surface area contributed by atoms with Crippen LogP contribution in [0.15, 0.2) is 49.3 Å². The minimum absolute atomic E-state index is 0.0883. The van der Waals surface area contributed by atoms with Gasteiger partial charge in [0.15, 0.2) is 11.5 Å². The van der Waals surface area contributed by atoms with Gasteiger partial charge in [-0.05, 0) is 17.7 Å². The second-order valence-corrected chi connectivity index (χ2v) is 6.55. The zero-order valence-corrected chi connectivity index (χ0v) is 15.7. The molecular weight excluding hydrogens is 399 g/mol. The molecule has 0 fully saturated rings. The lowest BCUT2D eigenvalue weighted by Crippen LogP contribution is -2.28. The third-order valence-corrected chi connectivity index (χ3v) is 4.68. The lowest BCUT2D eigenvalue weighted by atomic mass is 9.96. The molecule has 4 rings (SSSR count). The van der Waals surface area contributed by atoms with Gasteiger partial charge in [0.2, 0.25) is 5.91 Å². The van der Waals surface area contributed by atoms with Crippen molar-refractivity contribution in [1.82, 2.24) is 35.0 Å². The molecule has 0 unspecified atom stereocenters. The van der Waals surface area contributed by atoms with Gasteiger partial charge in [0.05, 0.1) is 18.4 Å². The van der Waals surface area contributed by atoms with Crippen LogP contribution in [0, 0.1) is 0 Å². The van der Waals surface area contributed by atoms with Crippen LogP contribution in [0.4, 0.5) is 13.2 Å². The van der Waals surface area contributed by atoms with Crippen molar-refractivity contribution in [3.63, 3.8) is 0 Å². The van der Waals surface area contributed by atoms with Crippen molar-refractivity contribution in [3.8, 4) is 16.9 Å². The number of rotatable bonds is 5. The van der Waals surface area contributed by atoms with E-state index in [2.05, 4.69) is 30.4 Å². The molecule has 0 radical (unpaired) electrons. The van der Waals surface area contributed by atoms with Gasteiger partial charge in [0, 0.05) is 43.2 Å². The highest BCUT2D eigenvalue weighted by Crippen LogP contribution is 2.37. The Morgan fingerprint density at radius 1 is 1.20 bits per heavy atom. The van der Waals surface area contributed by atoms with Gasteiger partial charge in [0.1, 0.15) is 5.52 Å². The van der Waals surface area contributed by atoms with Gasteiger partial charge in [-0.25, -0.2) is 19.6 Å². The van der Waals surface area contributed by atoms with Crippen LogP contribution in [0.25, 0.3) is 28.1 Å². The Hall–Kier alpha value is -3.76. The SMILES string of the molecule is CNC(=O)C[C@@H](c1ccc(-n2cc(-c3ccnc4[nH]cnc34)cn2)nc1)C(F)(F)F. The summed E-state index contributed by atoms with van der Waals surface area (Å²) in [4.78, 5) is 27.0. The average Bonchev–Trinajstić information content (AvgIpc) is 3.40. The molecule has 2 N–H and O–H groups in total. The van der Waals surface area contributed by atoms with Gasteiger partial charge in [0.25, 0.3) is 0 Å². The minimum Gasteiger partial charge on any atom is -0.359 e. The molecule has 0 saturated carbocycles. The van der Waals surface area contributed by atoms with Gasteiger partial charge < -0.3 is 10.3 Å². The van der Waals surface area contributed by atoms with Crippen LogP contribution in [0.1, 0.15) is 17.9 Å². The summed E-state index contributed by atoms with van der Waals surface area (Å²) in [6.07, 6.45) is 2.36. The number of halogens is 3. The highest BCUT2D eigenvalue weighted by atomic mass is 19.4. The van der Waals surface area contributed by atoms with Crippen LogP contribution in [-0.4, -0.2) is 48.8 Å². The largest absolute Gasteiger partial charge is 0.396 e. The zero-order valence-electron chi connectivity index (χ0n) is 15.7. The van der Waals surface area contributed by atoms with Crippen molar-refractivity contribution in [2.45, 2.75) is 18.5 Å². The number of amides is 1. The third-order valence-electron chi connectivity index (χ3n) is 4.68. The van der Waals surface area contributed by atoms with E-state index in [0.717, 1.165) is 17.3 Å². The molecule has 0 aliphatic carbocycles. The maximum Gasteiger partial charge on any atom is 0.396 e. The summed E-state index contributed by atoms with van der Waals surface area (Å²) in [6, 6.07) is 4.54. The van der Waals surface area contributed by atoms with E-state index < -0.39 is 24.4 Å². The Kier molecular flexibility index (Phi) is 4.94. The van der Waals surface area contributed by atoms with E-state index in [1.165, 1.54) is 23.9 Å². The van der Waals surface area contributed by atoms with E-state index in [4.69, 9.17) is 0 Å². The maximum absolute atomic E-state index is 13.4. The molecule has 0 saturated heterocycles. The number of pyridine rings is 2. The van der Waals surface area contributed by atoms with Crippen molar-refractivity contribution in [2.75, 3.05) is 7.05 Å². The molecule has 11 heteroatoms. The second-order valence-electron chi connectivity index (χ2n) is 6.55. The second kappa shape index (κ2) is 7.58. The summed E-state index contributed by atoms with van der Waals surface area (Å²) >= 11 is 0. The first-order valence-corrected chi connectivity index (χ1v) is 8.93. The average molecular weight is 415 g/mol. The van der Waals surface area contributed by atoms with Gasteiger partial charge in [-0.1, -0.05) is 6.07 Å². The first-order valence-electron chi connectivity index (χ1n) is 8.93. The molecule has 154 valence electrons. The smallest absolute Gasteiger partial charge is 0.359 e. The molecule has 4 aromatic rings. The minimum atomic E-state index is -4.56. The number of alkyl halides is 3. The molecule has 4 heterocycles. The maximum atomic E-state index is 13.4. The van der Waals surface area contributed by atoms with Crippen molar-refractivity contribution >= 4 is 17.1 Å². The van der Waals surface area contributed by atoms with Crippen LogP contribution >= 0.6 is 0 Å². The molecular formula is C19H16F3N7O. The Morgan fingerprint density at radius 2 is 2.03 bits per heavy atom. The van der Waals surface area contributed by atoms with Crippen LogP contribution in [0.3, 0.4) is 0 Å². The molecule has 0 aliphatic heterocycles. The number of nitrogens with one attached hydrogen (secondary N) is 2. The standard InChI is InChI=1S/C19H16F3N7O/c1-23-16(30)6-14(19(20,21)22)11-2-3-15(25-7-11)29-9-12(8-28-29)13-4-5-24-18-17(13)26-10-27-18/h2-5,7-10,14H,6H2,1H3,(H,23,30)(H,24,26,27)/t14-/m0/s1. The highest BCUT2D eigenvalue weighted by molar-refractivity contribution is 5.88. The predicted octanol–water partition coefficient (Wildman–Crippen LogP) is 2.99. The number of hydrogen-bond donors (Lipinski definition) is 2. The van der Waals surface area contributed by atoms with Crippen LogP contribution in [0.5, 0.6) is 0 Å². The summed E-state index contributed by atoms with van der Waals surface area (Å²) in [6.45, 7) is 0. The van der Waals surface area contributed by atoms with Crippen molar-refractivity contribution in [3.05, 3.63) is 54.9 Å². The van der Waals surface area contributed by atoms with E-state index in [9.17, 15) is 18.0 Å². The number of nitrogens with zero attached hydrogens (tertiary/aromatic N) is 5. The van der Waals surface area contributed by atoms with Gasteiger partial charge in [-0.3, -0.25) is 4.79 Å². The van der Waals surface area contributed by atoms with Gasteiger partial charge in [-0.15, -0.1) is 0 Å². The number of imidazole rings is 1. The third kappa shape index (κ3) is 3.73. The van der Waals surface area contributed by atoms with Crippen molar-refractivity contribution in [1.29, 1.82) is 0 Å². The fraction of sp³-hybridized carbons (Fsp3) is 0.211. The number of hydrogen-bond acceptors (Lipinski definition) is 5.